The number of carbonyl (C=O) groups excluding carboxylic acids is 1. The number of nitrogens with zero attached hydrogens (tertiary/aromatic N) is 2. The highest BCUT2D eigenvalue weighted by Gasteiger charge is 2.27. The molecule has 1 aromatic heterocycles. The average Bonchev–Trinajstić information content (AvgIpc) is 3.64. The van der Waals surface area contributed by atoms with E-state index < -0.39 is 5.56 Å². The number of halogens is 2. The van der Waals surface area contributed by atoms with Crippen LogP contribution in [0.2, 0.25) is 10.2 Å². The quantitative estimate of drug-likeness (QED) is 0.564. The van der Waals surface area contributed by atoms with Crippen LogP contribution in [-0.4, -0.2) is 40.2 Å². The molecule has 35 heavy (non-hydrogen) atoms. The Balaban J connectivity index is 1.64. The average molecular weight is 522 g/mol. The van der Waals surface area contributed by atoms with Gasteiger partial charge in [0.2, 0.25) is 5.91 Å². The van der Waals surface area contributed by atoms with Gasteiger partial charge in [0.1, 0.15) is 17.4 Å². The molecule has 2 heterocycles. The lowest BCUT2D eigenvalue weighted by Crippen LogP contribution is -2.42. The van der Waals surface area contributed by atoms with Gasteiger partial charge in [-0.1, -0.05) is 43.0 Å². The predicted octanol–water partition coefficient (Wildman–Crippen LogP) is 3.99. The van der Waals surface area contributed by atoms with E-state index in [1.165, 1.54) is 23.6 Å². The summed E-state index contributed by atoms with van der Waals surface area (Å²) in [5.74, 6) is 1.20. The van der Waals surface area contributed by atoms with Gasteiger partial charge in [0.25, 0.3) is 5.56 Å². The number of aromatic nitrogens is 2. The summed E-state index contributed by atoms with van der Waals surface area (Å²) in [6.07, 6.45) is 6.49. The number of hydrogen-bond acceptors (Lipinski definition) is 6. The van der Waals surface area contributed by atoms with Gasteiger partial charge in [0.05, 0.1) is 12.3 Å². The number of hydrogen-bond donors (Lipinski definition) is 3. The Morgan fingerprint density at radius 3 is 2.74 bits per heavy atom. The third-order valence-electron chi connectivity index (χ3n) is 6.55. The fourth-order valence-electron chi connectivity index (χ4n) is 4.42. The molecule has 4 rings (SSSR count). The van der Waals surface area contributed by atoms with Crippen molar-refractivity contribution in [2.75, 3.05) is 11.9 Å². The largest absolute Gasteiger partial charge is 0.490 e. The van der Waals surface area contributed by atoms with Crippen molar-refractivity contribution in [2.45, 2.75) is 77.2 Å². The van der Waals surface area contributed by atoms with Crippen LogP contribution < -0.4 is 26.2 Å². The zero-order valence-corrected chi connectivity index (χ0v) is 21.7. The van der Waals surface area contributed by atoms with Crippen LogP contribution in [0.25, 0.3) is 0 Å². The van der Waals surface area contributed by atoms with E-state index in [4.69, 9.17) is 27.9 Å². The first-order chi connectivity index (χ1) is 16.8. The number of rotatable bonds is 3. The second-order valence-electron chi connectivity index (χ2n) is 9.55. The van der Waals surface area contributed by atoms with Crippen LogP contribution in [0.4, 0.5) is 5.82 Å². The van der Waals surface area contributed by atoms with E-state index in [2.05, 4.69) is 27.9 Å². The fourth-order valence-corrected chi connectivity index (χ4v) is 4.80. The first-order valence-corrected chi connectivity index (χ1v) is 13.0. The van der Waals surface area contributed by atoms with Crippen molar-refractivity contribution in [1.29, 1.82) is 0 Å². The zero-order valence-electron chi connectivity index (χ0n) is 20.2. The minimum absolute atomic E-state index is 0.0370. The maximum Gasteiger partial charge on any atom is 0.294 e. The fraction of sp³-hybridized carbons (Fsp3) is 0.560. The van der Waals surface area contributed by atoms with E-state index >= 15 is 0 Å². The van der Waals surface area contributed by atoms with Gasteiger partial charge in [-0.2, -0.15) is 0 Å². The highest BCUT2D eigenvalue weighted by molar-refractivity contribution is 6.30. The first-order valence-electron chi connectivity index (χ1n) is 12.3. The lowest BCUT2D eigenvalue weighted by molar-refractivity contribution is -0.121. The van der Waals surface area contributed by atoms with Crippen molar-refractivity contribution < 1.29 is 9.53 Å². The molecule has 0 spiro atoms. The molecule has 1 aromatic carbocycles. The molecule has 3 N–H and O–H groups in total. The zero-order chi connectivity index (χ0) is 24.9. The van der Waals surface area contributed by atoms with Gasteiger partial charge in [-0.3, -0.25) is 14.2 Å². The van der Waals surface area contributed by atoms with Gasteiger partial charge < -0.3 is 20.7 Å². The summed E-state index contributed by atoms with van der Waals surface area (Å²) in [6, 6.07) is 5.67. The van der Waals surface area contributed by atoms with Crippen molar-refractivity contribution in [1.82, 2.24) is 20.2 Å². The van der Waals surface area contributed by atoms with Crippen LogP contribution in [0, 0.1) is 5.92 Å². The number of nitrogens with one attached hydrogen (secondary N) is 3. The molecule has 2 bridgehead atoms. The van der Waals surface area contributed by atoms with Gasteiger partial charge in [-0.05, 0) is 50.3 Å². The number of amides is 1. The monoisotopic (exact) mass is 521 g/mol. The summed E-state index contributed by atoms with van der Waals surface area (Å²) in [7, 11) is 0. The summed E-state index contributed by atoms with van der Waals surface area (Å²) >= 11 is 12.5. The van der Waals surface area contributed by atoms with E-state index in [1.807, 2.05) is 13.0 Å². The number of ether oxygens (including phenoxy) is 1. The topological polar surface area (TPSA) is 97.3 Å². The van der Waals surface area contributed by atoms with Gasteiger partial charge in [0.15, 0.2) is 5.82 Å². The van der Waals surface area contributed by atoms with Crippen molar-refractivity contribution in [2.24, 2.45) is 5.92 Å². The van der Waals surface area contributed by atoms with Crippen molar-refractivity contribution >= 4 is 34.9 Å². The summed E-state index contributed by atoms with van der Waals surface area (Å²) in [5, 5.41) is 10.5. The molecule has 10 heteroatoms. The van der Waals surface area contributed by atoms with E-state index in [9.17, 15) is 9.59 Å². The summed E-state index contributed by atoms with van der Waals surface area (Å²) in [6.45, 7) is 4.89. The third-order valence-corrected chi connectivity index (χ3v) is 7.09. The van der Waals surface area contributed by atoms with Crippen LogP contribution in [-0.2, 0) is 17.9 Å². The molecular formula is C25H33Cl2N5O3. The molecule has 2 unspecified atom stereocenters. The molecule has 1 aliphatic heterocycles. The molecule has 2 aromatic rings. The molecule has 0 radical (unpaired) electrons. The van der Waals surface area contributed by atoms with E-state index in [-0.39, 0.29) is 48.2 Å². The van der Waals surface area contributed by atoms with Gasteiger partial charge in [0, 0.05) is 35.8 Å². The van der Waals surface area contributed by atoms with Crippen LogP contribution in [0.15, 0.2) is 29.2 Å². The van der Waals surface area contributed by atoms with Gasteiger partial charge in [-0.25, -0.2) is 4.98 Å². The Labute approximate surface area is 215 Å². The molecule has 190 valence electrons. The molecule has 1 aliphatic carbocycles. The molecule has 2 aliphatic rings. The summed E-state index contributed by atoms with van der Waals surface area (Å²) in [5.41, 5.74) is 0.355. The van der Waals surface area contributed by atoms with Crippen molar-refractivity contribution in [3.8, 4) is 5.75 Å². The Kier molecular flexibility index (Phi) is 8.57. The van der Waals surface area contributed by atoms with Gasteiger partial charge >= 0.3 is 0 Å². The Morgan fingerprint density at radius 2 is 2.00 bits per heavy atom. The normalized spacial score (nSPS) is 23.9. The molecule has 8 nitrogen and oxygen atoms in total. The SMILES string of the molecule is CCC1CC(C)Oc2ccc(Cl)cc2CNC(=O)Cn2c(Cl)cnc(c2=O)N[C@@H](CC2CC2)CN1. The maximum absolute atomic E-state index is 13.2. The van der Waals surface area contributed by atoms with Crippen LogP contribution in [0.1, 0.15) is 51.5 Å². The number of anilines is 1. The summed E-state index contributed by atoms with van der Waals surface area (Å²) in [4.78, 5) is 30.2. The second-order valence-corrected chi connectivity index (χ2v) is 10.4. The number of fused-ring (bicyclic) bond motifs is 3. The molecular weight excluding hydrogens is 489 g/mol. The van der Waals surface area contributed by atoms with Crippen LogP contribution in [0.5, 0.6) is 5.75 Å². The molecule has 0 saturated heterocycles. The lowest BCUT2D eigenvalue weighted by atomic mass is 10.1. The molecule has 1 fully saturated rings. The van der Waals surface area contributed by atoms with E-state index in [0.717, 1.165) is 24.8 Å². The van der Waals surface area contributed by atoms with Crippen LogP contribution >= 0.6 is 23.2 Å². The van der Waals surface area contributed by atoms with E-state index in [1.54, 1.807) is 12.1 Å². The minimum Gasteiger partial charge on any atom is -0.490 e. The standard InChI is InChI=1S/C25H33Cl2N5O3/c1-3-19-8-15(2)35-21-7-6-18(26)10-17(21)11-29-23(33)14-32-22(27)13-30-24(25(32)34)31-20(12-28-19)9-16-4-5-16/h6-7,10,13,15-16,19-20,28H,3-5,8-9,11-12,14H2,1-2H3,(H,29,33)(H,30,31)/t15?,19?,20-/m0/s1. The van der Waals surface area contributed by atoms with Crippen LogP contribution in [0.3, 0.4) is 0 Å². The highest BCUT2D eigenvalue weighted by Crippen LogP contribution is 2.34. The number of carbonyl (C=O) groups is 1. The van der Waals surface area contributed by atoms with Gasteiger partial charge in [-0.15, -0.1) is 0 Å². The third kappa shape index (κ3) is 7.12. The van der Waals surface area contributed by atoms with Crippen molar-refractivity contribution in [3.63, 3.8) is 0 Å². The molecule has 1 amide bonds. The Bertz CT molecular complexity index is 1100. The predicted molar refractivity (Wildman–Crippen MR) is 138 cm³/mol. The Morgan fingerprint density at radius 1 is 1.20 bits per heavy atom. The second kappa shape index (κ2) is 11.6. The summed E-state index contributed by atoms with van der Waals surface area (Å²) < 4.78 is 7.50. The lowest BCUT2D eigenvalue weighted by Gasteiger charge is -2.26. The smallest absolute Gasteiger partial charge is 0.294 e. The highest BCUT2D eigenvalue weighted by atomic mass is 35.5. The van der Waals surface area contributed by atoms with E-state index in [0.29, 0.717) is 23.2 Å². The minimum atomic E-state index is -0.412. The first kappa shape index (κ1) is 25.8. The molecule has 1 saturated carbocycles. The Hall–Kier alpha value is -2.29. The number of benzene rings is 1. The van der Waals surface area contributed by atoms with Crippen molar-refractivity contribution in [3.05, 3.63) is 50.5 Å². The molecule has 3 atom stereocenters. The maximum atomic E-state index is 13.2.